The minimum atomic E-state index is -0.243. The number of amides is 2. The minimum absolute atomic E-state index is 0.0559. The molecule has 2 heterocycles. The Hall–Kier alpha value is -1.92. The van der Waals surface area contributed by atoms with Gasteiger partial charge in [-0.15, -0.1) is 0 Å². The Morgan fingerprint density at radius 3 is 2.73 bits per heavy atom. The fourth-order valence-corrected chi connectivity index (χ4v) is 3.72. The molecule has 1 aromatic carbocycles. The number of morpholine rings is 1. The summed E-state index contributed by atoms with van der Waals surface area (Å²) in [6, 6.07) is 7.97. The van der Waals surface area contributed by atoms with Crippen molar-refractivity contribution in [3.63, 3.8) is 0 Å². The second-order valence-electron chi connectivity index (χ2n) is 7.12. The molecule has 0 aliphatic carbocycles. The predicted octanol–water partition coefficient (Wildman–Crippen LogP) is 1.53. The molecule has 0 bridgehead atoms. The van der Waals surface area contributed by atoms with Gasteiger partial charge in [-0.25, -0.2) is 0 Å². The lowest BCUT2D eigenvalue weighted by Crippen LogP contribution is -2.42. The Morgan fingerprint density at radius 1 is 1.27 bits per heavy atom. The largest absolute Gasteiger partial charge is 0.379 e. The number of hydrogen-bond donors (Lipinski definition) is 0. The number of ether oxygens (including phenoxy) is 1. The van der Waals surface area contributed by atoms with Crippen molar-refractivity contribution in [2.75, 3.05) is 57.4 Å². The van der Waals surface area contributed by atoms with E-state index < -0.39 is 0 Å². The maximum Gasteiger partial charge on any atom is 0.232 e. The second-order valence-corrected chi connectivity index (χ2v) is 7.12. The number of rotatable bonds is 6. The molecule has 2 amide bonds. The third-order valence-electron chi connectivity index (χ3n) is 5.25. The van der Waals surface area contributed by atoms with E-state index in [9.17, 15) is 9.59 Å². The van der Waals surface area contributed by atoms with E-state index in [4.69, 9.17) is 4.74 Å². The molecule has 0 N–H and O–H groups in total. The molecule has 3 rings (SSSR count). The van der Waals surface area contributed by atoms with Crippen molar-refractivity contribution in [2.24, 2.45) is 5.92 Å². The molecule has 1 atom stereocenters. The highest BCUT2D eigenvalue weighted by molar-refractivity contribution is 5.99. The van der Waals surface area contributed by atoms with Crippen LogP contribution in [0.2, 0.25) is 0 Å². The van der Waals surface area contributed by atoms with Gasteiger partial charge >= 0.3 is 0 Å². The fourth-order valence-electron chi connectivity index (χ4n) is 3.72. The molecule has 6 nitrogen and oxygen atoms in total. The first-order chi connectivity index (χ1) is 12.6. The first kappa shape index (κ1) is 18.9. The first-order valence-electron chi connectivity index (χ1n) is 9.54. The van der Waals surface area contributed by atoms with E-state index in [0.717, 1.165) is 44.1 Å². The van der Waals surface area contributed by atoms with Crippen LogP contribution in [0.25, 0.3) is 0 Å². The normalized spacial score (nSPS) is 21.2. The zero-order valence-corrected chi connectivity index (χ0v) is 15.8. The number of hydrogen-bond acceptors (Lipinski definition) is 4. The summed E-state index contributed by atoms with van der Waals surface area (Å²) in [5, 5.41) is 0. The summed E-state index contributed by atoms with van der Waals surface area (Å²) in [5.41, 5.74) is 2.04. The van der Waals surface area contributed by atoms with E-state index >= 15 is 0 Å². The average Bonchev–Trinajstić information content (AvgIpc) is 3.02. The number of benzene rings is 1. The number of nitrogens with zero attached hydrogens (tertiary/aromatic N) is 3. The fraction of sp³-hybridized carbons (Fsp3) is 0.600. The number of anilines is 1. The summed E-state index contributed by atoms with van der Waals surface area (Å²) in [6.07, 6.45) is 0.324. The number of likely N-dealkylation sites (tertiary alicyclic amines) is 1. The van der Waals surface area contributed by atoms with E-state index in [2.05, 4.69) is 4.90 Å². The molecule has 1 unspecified atom stereocenters. The van der Waals surface area contributed by atoms with Gasteiger partial charge in [0.1, 0.15) is 0 Å². The highest BCUT2D eigenvalue weighted by atomic mass is 16.5. The molecule has 0 aromatic heterocycles. The Labute approximate surface area is 155 Å². The van der Waals surface area contributed by atoms with Gasteiger partial charge in [-0.1, -0.05) is 12.1 Å². The van der Waals surface area contributed by atoms with Crippen LogP contribution in [0, 0.1) is 12.8 Å². The third kappa shape index (κ3) is 4.43. The van der Waals surface area contributed by atoms with Crippen molar-refractivity contribution in [3.05, 3.63) is 29.8 Å². The van der Waals surface area contributed by atoms with Crippen LogP contribution < -0.4 is 4.90 Å². The topological polar surface area (TPSA) is 53.1 Å². The summed E-state index contributed by atoms with van der Waals surface area (Å²) in [7, 11) is 0. The third-order valence-corrected chi connectivity index (χ3v) is 5.25. The van der Waals surface area contributed by atoms with Crippen molar-refractivity contribution < 1.29 is 14.3 Å². The van der Waals surface area contributed by atoms with Gasteiger partial charge in [0, 0.05) is 51.4 Å². The quantitative estimate of drug-likeness (QED) is 0.773. The molecule has 26 heavy (non-hydrogen) atoms. The maximum atomic E-state index is 13.0. The molecule has 6 heteroatoms. The summed E-state index contributed by atoms with van der Waals surface area (Å²) >= 11 is 0. The zero-order chi connectivity index (χ0) is 18.5. The van der Waals surface area contributed by atoms with Crippen LogP contribution in [0.3, 0.4) is 0 Å². The summed E-state index contributed by atoms with van der Waals surface area (Å²) < 4.78 is 5.36. The van der Waals surface area contributed by atoms with Crippen molar-refractivity contribution in [1.82, 2.24) is 9.80 Å². The van der Waals surface area contributed by atoms with Crippen molar-refractivity contribution in [3.8, 4) is 0 Å². The van der Waals surface area contributed by atoms with Gasteiger partial charge < -0.3 is 14.5 Å². The van der Waals surface area contributed by atoms with Crippen molar-refractivity contribution in [2.45, 2.75) is 20.3 Å². The van der Waals surface area contributed by atoms with E-state index in [0.29, 0.717) is 26.1 Å². The van der Waals surface area contributed by atoms with Gasteiger partial charge in [-0.05, 0) is 31.5 Å². The molecule has 2 aliphatic rings. The lowest BCUT2D eigenvalue weighted by atomic mass is 10.1. The molecule has 2 fully saturated rings. The molecule has 2 aliphatic heterocycles. The molecule has 2 saturated heterocycles. The highest BCUT2D eigenvalue weighted by Crippen LogP contribution is 2.24. The Morgan fingerprint density at radius 2 is 2.04 bits per heavy atom. The van der Waals surface area contributed by atoms with Gasteiger partial charge in [0.05, 0.1) is 19.1 Å². The van der Waals surface area contributed by atoms with Crippen LogP contribution in [-0.2, 0) is 14.3 Å². The standard InChI is InChI=1S/C20H29N3O3/c1-3-23(18-6-4-5-16(2)13-18)20(25)17-14-19(24)22(15-17)8-7-21-9-11-26-12-10-21/h4-6,13,17H,3,7-12,14-15H2,1-2H3. The van der Waals surface area contributed by atoms with E-state index in [1.165, 1.54) is 0 Å². The lowest BCUT2D eigenvalue weighted by molar-refractivity contribution is -0.128. The van der Waals surface area contributed by atoms with Gasteiger partial charge in [0.2, 0.25) is 11.8 Å². The molecule has 0 saturated carbocycles. The van der Waals surface area contributed by atoms with Crippen LogP contribution in [0.4, 0.5) is 5.69 Å². The smallest absolute Gasteiger partial charge is 0.232 e. The van der Waals surface area contributed by atoms with Gasteiger partial charge in [-0.3, -0.25) is 14.5 Å². The van der Waals surface area contributed by atoms with Crippen molar-refractivity contribution >= 4 is 17.5 Å². The maximum absolute atomic E-state index is 13.0. The Kier molecular flexibility index (Phi) is 6.27. The average molecular weight is 359 g/mol. The lowest BCUT2D eigenvalue weighted by Gasteiger charge is -2.29. The van der Waals surface area contributed by atoms with Crippen LogP contribution in [0.1, 0.15) is 18.9 Å². The van der Waals surface area contributed by atoms with Crippen LogP contribution in [-0.4, -0.2) is 74.1 Å². The SMILES string of the molecule is CCN(C(=O)C1CC(=O)N(CCN2CCOCC2)C1)c1cccc(C)c1. The summed E-state index contributed by atoms with van der Waals surface area (Å²) in [6.45, 7) is 10.0. The Balaban J connectivity index is 1.58. The molecular formula is C20H29N3O3. The first-order valence-corrected chi connectivity index (χ1v) is 9.54. The van der Waals surface area contributed by atoms with Crippen LogP contribution in [0.15, 0.2) is 24.3 Å². The van der Waals surface area contributed by atoms with Gasteiger partial charge in [-0.2, -0.15) is 0 Å². The van der Waals surface area contributed by atoms with E-state index in [1.54, 1.807) is 4.90 Å². The highest BCUT2D eigenvalue weighted by Gasteiger charge is 2.36. The van der Waals surface area contributed by atoms with E-state index in [1.807, 2.05) is 43.0 Å². The number of carbonyl (C=O) groups excluding carboxylic acids is 2. The molecule has 142 valence electrons. The summed E-state index contributed by atoms with van der Waals surface area (Å²) in [4.78, 5) is 31.3. The van der Waals surface area contributed by atoms with E-state index in [-0.39, 0.29) is 17.7 Å². The monoisotopic (exact) mass is 359 g/mol. The number of carbonyl (C=O) groups is 2. The second kappa shape index (κ2) is 8.64. The number of aryl methyl sites for hydroxylation is 1. The molecule has 0 spiro atoms. The minimum Gasteiger partial charge on any atom is -0.379 e. The molecule has 1 aromatic rings. The molecular weight excluding hydrogens is 330 g/mol. The Bertz CT molecular complexity index is 643. The van der Waals surface area contributed by atoms with Crippen molar-refractivity contribution in [1.29, 1.82) is 0 Å². The van der Waals surface area contributed by atoms with Crippen LogP contribution in [0.5, 0.6) is 0 Å². The molecule has 0 radical (unpaired) electrons. The predicted molar refractivity (Wildman–Crippen MR) is 101 cm³/mol. The van der Waals surface area contributed by atoms with Crippen LogP contribution >= 0.6 is 0 Å². The zero-order valence-electron chi connectivity index (χ0n) is 15.8. The van der Waals surface area contributed by atoms with Gasteiger partial charge in [0.15, 0.2) is 0 Å². The van der Waals surface area contributed by atoms with Gasteiger partial charge in [0.25, 0.3) is 0 Å². The summed E-state index contributed by atoms with van der Waals surface area (Å²) in [5.74, 6) is -0.0927.